The monoisotopic (exact) mass is 390 g/mol. The molecule has 2 aliphatic heterocycles. The second kappa shape index (κ2) is 7.21. The predicted molar refractivity (Wildman–Crippen MR) is 108 cm³/mol. The molecular weight excluding hydrogens is 360 g/mol. The molecule has 1 aromatic rings. The van der Waals surface area contributed by atoms with Crippen molar-refractivity contribution >= 4 is 21.4 Å². The molecule has 0 spiro atoms. The van der Waals surface area contributed by atoms with Crippen molar-refractivity contribution in [2.45, 2.75) is 70.0 Å². The number of fused-ring (bicyclic) bond motifs is 1. The minimum Gasteiger partial charge on any atom is -0.306 e. The maximum atomic E-state index is 13.1. The molecule has 3 aliphatic rings. The third-order valence-corrected chi connectivity index (χ3v) is 8.22. The molecule has 2 atom stereocenters. The van der Waals surface area contributed by atoms with Gasteiger partial charge in [0.25, 0.3) is 0 Å². The van der Waals surface area contributed by atoms with Gasteiger partial charge in [-0.2, -0.15) is 0 Å². The van der Waals surface area contributed by atoms with Crippen LogP contribution in [0.2, 0.25) is 0 Å². The molecule has 0 radical (unpaired) electrons. The van der Waals surface area contributed by atoms with Crippen LogP contribution >= 0.6 is 0 Å². The van der Waals surface area contributed by atoms with Gasteiger partial charge in [-0.3, -0.25) is 9.69 Å². The third-order valence-electron chi connectivity index (χ3n) is 6.52. The van der Waals surface area contributed by atoms with E-state index in [0.717, 1.165) is 18.5 Å². The topological polar surface area (TPSA) is 57.7 Å². The highest BCUT2D eigenvalue weighted by atomic mass is 32.2. The first-order chi connectivity index (χ1) is 12.9. The largest absolute Gasteiger partial charge is 0.306 e. The van der Waals surface area contributed by atoms with Crippen molar-refractivity contribution in [1.29, 1.82) is 0 Å². The zero-order chi connectivity index (χ0) is 19.2. The minimum absolute atomic E-state index is 0.0382. The number of nitrogens with zero attached hydrogens (tertiary/aromatic N) is 2. The Balaban J connectivity index is 1.65. The number of benzene rings is 1. The number of hydrogen-bond acceptors (Lipinski definition) is 4. The number of amides is 1. The normalized spacial score (nSPS) is 29.3. The van der Waals surface area contributed by atoms with Gasteiger partial charge in [0.1, 0.15) is 0 Å². The van der Waals surface area contributed by atoms with Gasteiger partial charge in [0, 0.05) is 17.8 Å². The molecule has 1 aliphatic carbocycles. The molecule has 2 saturated heterocycles. The lowest BCUT2D eigenvalue weighted by molar-refractivity contribution is -0.124. The lowest BCUT2D eigenvalue weighted by atomic mass is 9.90. The molecule has 1 amide bonds. The molecule has 148 valence electrons. The van der Waals surface area contributed by atoms with Gasteiger partial charge in [-0.15, -0.1) is 0 Å². The maximum absolute atomic E-state index is 13.1. The van der Waals surface area contributed by atoms with Gasteiger partial charge in [0.05, 0.1) is 24.1 Å². The van der Waals surface area contributed by atoms with Crippen molar-refractivity contribution in [3.8, 4) is 0 Å². The average Bonchev–Trinajstić information content (AvgIpc) is 2.96. The lowest BCUT2D eigenvalue weighted by Gasteiger charge is -2.47. The van der Waals surface area contributed by atoms with Crippen LogP contribution in [0.25, 0.3) is 0 Å². The molecule has 1 aromatic carbocycles. The van der Waals surface area contributed by atoms with Gasteiger partial charge in [0.15, 0.2) is 9.84 Å². The maximum Gasteiger partial charge on any atom is 0.241 e. The fraction of sp³-hybridized carbons (Fsp3) is 0.667. The molecule has 27 heavy (non-hydrogen) atoms. The van der Waals surface area contributed by atoms with Gasteiger partial charge >= 0.3 is 0 Å². The van der Waals surface area contributed by atoms with Crippen molar-refractivity contribution in [2.24, 2.45) is 0 Å². The summed E-state index contributed by atoms with van der Waals surface area (Å²) in [6, 6.07) is 8.09. The summed E-state index contributed by atoms with van der Waals surface area (Å²) in [6.07, 6.45) is 5.78. The number of hydrogen-bond donors (Lipinski definition) is 0. The highest BCUT2D eigenvalue weighted by molar-refractivity contribution is 7.91. The molecule has 0 aromatic heterocycles. The molecule has 4 rings (SSSR count). The van der Waals surface area contributed by atoms with E-state index in [-0.39, 0.29) is 29.5 Å². The number of carbonyl (C=O) groups excluding carboxylic acids is 1. The van der Waals surface area contributed by atoms with Gasteiger partial charge < -0.3 is 4.90 Å². The van der Waals surface area contributed by atoms with Crippen LogP contribution in [0, 0.1) is 0 Å². The van der Waals surface area contributed by atoms with Crippen molar-refractivity contribution in [1.82, 2.24) is 4.90 Å². The quantitative estimate of drug-likeness (QED) is 0.796. The summed E-state index contributed by atoms with van der Waals surface area (Å²) >= 11 is 0. The summed E-state index contributed by atoms with van der Waals surface area (Å²) in [5.74, 6) is 0.731. The Kier molecular flexibility index (Phi) is 5.06. The van der Waals surface area contributed by atoms with E-state index in [9.17, 15) is 13.2 Å². The molecule has 1 saturated carbocycles. The van der Waals surface area contributed by atoms with Gasteiger partial charge in [0.2, 0.25) is 5.91 Å². The Bertz CT molecular complexity index is 797. The zero-order valence-corrected chi connectivity index (χ0v) is 17.1. The first-order valence-electron chi connectivity index (χ1n) is 10.2. The number of anilines is 1. The molecule has 2 heterocycles. The molecule has 3 fully saturated rings. The molecule has 6 heteroatoms. The molecule has 0 N–H and O–H groups in total. The first kappa shape index (κ1) is 18.9. The highest BCUT2D eigenvalue weighted by Gasteiger charge is 2.51. The van der Waals surface area contributed by atoms with Crippen LogP contribution in [-0.2, 0) is 14.6 Å². The van der Waals surface area contributed by atoms with Gasteiger partial charge in [-0.25, -0.2) is 8.42 Å². The Morgan fingerprint density at radius 1 is 0.963 bits per heavy atom. The lowest BCUT2D eigenvalue weighted by Crippen LogP contribution is -2.64. The van der Waals surface area contributed by atoms with Gasteiger partial charge in [-0.05, 0) is 36.5 Å². The van der Waals surface area contributed by atoms with Crippen molar-refractivity contribution < 1.29 is 13.2 Å². The Morgan fingerprint density at radius 2 is 1.59 bits per heavy atom. The van der Waals surface area contributed by atoms with Crippen LogP contribution in [0.4, 0.5) is 5.69 Å². The van der Waals surface area contributed by atoms with Crippen LogP contribution in [0.3, 0.4) is 0 Å². The van der Waals surface area contributed by atoms with E-state index in [4.69, 9.17) is 0 Å². The SMILES string of the molecule is CC(C)c1ccc(N2C(=O)CN(C3CCCCC3)[C@H]3CS(=O)(=O)C[C@@H]32)cc1. The van der Waals surface area contributed by atoms with E-state index in [1.165, 1.54) is 24.8 Å². The first-order valence-corrected chi connectivity index (χ1v) is 12.1. The van der Waals surface area contributed by atoms with E-state index in [2.05, 4.69) is 30.9 Å². The van der Waals surface area contributed by atoms with Crippen LogP contribution in [0.15, 0.2) is 24.3 Å². The number of piperazine rings is 1. The van der Waals surface area contributed by atoms with Crippen LogP contribution < -0.4 is 4.90 Å². The van der Waals surface area contributed by atoms with Gasteiger partial charge in [-0.1, -0.05) is 45.2 Å². The standard InChI is InChI=1S/C21H30N2O3S/c1-15(2)16-8-10-18(11-9-16)23-20-14-27(25,26)13-19(20)22(12-21(23)24)17-6-4-3-5-7-17/h8-11,15,17,19-20H,3-7,12-14H2,1-2H3/t19-,20-/m0/s1. The fourth-order valence-electron chi connectivity index (χ4n) is 5.08. The van der Waals surface area contributed by atoms with E-state index in [0.29, 0.717) is 18.5 Å². The van der Waals surface area contributed by atoms with Crippen molar-refractivity contribution in [3.05, 3.63) is 29.8 Å². The number of rotatable bonds is 3. The second-order valence-electron chi connectivity index (χ2n) is 8.69. The molecule has 0 unspecified atom stereocenters. The smallest absolute Gasteiger partial charge is 0.241 e. The van der Waals surface area contributed by atoms with Crippen LogP contribution in [0.1, 0.15) is 57.4 Å². The molecule has 5 nitrogen and oxygen atoms in total. The summed E-state index contributed by atoms with van der Waals surface area (Å²) in [4.78, 5) is 17.1. The van der Waals surface area contributed by atoms with E-state index in [1.54, 1.807) is 4.90 Å². The van der Waals surface area contributed by atoms with Crippen LogP contribution in [0.5, 0.6) is 0 Å². The summed E-state index contributed by atoms with van der Waals surface area (Å²) in [5.41, 5.74) is 2.06. The summed E-state index contributed by atoms with van der Waals surface area (Å²) < 4.78 is 25.0. The van der Waals surface area contributed by atoms with Crippen LogP contribution in [-0.4, -0.2) is 55.4 Å². The Hall–Kier alpha value is -1.40. The predicted octanol–water partition coefficient (Wildman–Crippen LogP) is 2.96. The van der Waals surface area contributed by atoms with E-state index < -0.39 is 9.84 Å². The Labute approximate surface area is 162 Å². The summed E-state index contributed by atoms with van der Waals surface area (Å²) in [5, 5.41) is 0. The minimum atomic E-state index is -3.12. The number of sulfone groups is 1. The fourth-order valence-corrected chi connectivity index (χ4v) is 7.04. The van der Waals surface area contributed by atoms with E-state index in [1.807, 2.05) is 12.1 Å². The Morgan fingerprint density at radius 3 is 2.22 bits per heavy atom. The molecular formula is C21H30N2O3S. The summed E-state index contributed by atoms with van der Waals surface area (Å²) in [7, 11) is -3.12. The van der Waals surface area contributed by atoms with Crippen molar-refractivity contribution in [2.75, 3.05) is 23.0 Å². The second-order valence-corrected chi connectivity index (χ2v) is 10.8. The molecule has 0 bridgehead atoms. The number of carbonyl (C=O) groups is 1. The average molecular weight is 391 g/mol. The highest BCUT2D eigenvalue weighted by Crippen LogP contribution is 2.36. The third kappa shape index (κ3) is 3.66. The summed E-state index contributed by atoms with van der Waals surface area (Å²) in [6.45, 7) is 4.62. The van der Waals surface area contributed by atoms with E-state index >= 15 is 0 Å². The zero-order valence-electron chi connectivity index (χ0n) is 16.3. The van der Waals surface area contributed by atoms with Crippen molar-refractivity contribution in [3.63, 3.8) is 0 Å².